The summed E-state index contributed by atoms with van der Waals surface area (Å²) in [6, 6.07) is 10.4. The number of nitrogens with zero attached hydrogens (tertiary/aromatic N) is 4. The molecular formula is C28H30F3N5O. The average molecular weight is 510 g/mol. The minimum absolute atomic E-state index is 0.0470. The number of ether oxygens (including phenoxy) is 1. The van der Waals surface area contributed by atoms with Crippen molar-refractivity contribution in [3.05, 3.63) is 59.7 Å². The number of nitrogens with two attached hydrogens (primary N) is 1. The molecule has 4 aromatic rings. The van der Waals surface area contributed by atoms with E-state index in [1.54, 1.807) is 17.0 Å². The molecule has 2 saturated heterocycles. The first kappa shape index (κ1) is 24.2. The number of alkyl halides is 3. The minimum atomic E-state index is -4.46. The van der Waals surface area contributed by atoms with Gasteiger partial charge in [-0.15, -0.1) is 0 Å². The standard InChI is InChI=1S/C28H30F3N5O/c1-17-26-16-33-23-4-2-20(15-25(23)36(26)27(34-17)18-8-12-37-13-9-18)19-3-5-24(22(14-19)28(29,30)31)35-10-6-21(32)7-11-35/h2-5,14-16,18,21H,6-13,32H2,1H3. The number of aromatic nitrogens is 3. The molecule has 2 fully saturated rings. The lowest BCUT2D eigenvalue weighted by atomic mass is 9.98. The second-order valence-electron chi connectivity index (χ2n) is 10.2. The molecule has 4 heterocycles. The van der Waals surface area contributed by atoms with Crippen LogP contribution in [0, 0.1) is 6.92 Å². The van der Waals surface area contributed by atoms with E-state index >= 15 is 0 Å². The van der Waals surface area contributed by atoms with E-state index in [9.17, 15) is 13.2 Å². The van der Waals surface area contributed by atoms with E-state index in [0.717, 1.165) is 40.9 Å². The number of hydrogen-bond acceptors (Lipinski definition) is 5. The Hall–Kier alpha value is -3.17. The fourth-order valence-electron chi connectivity index (χ4n) is 5.68. The third-order valence-corrected chi connectivity index (χ3v) is 7.77. The summed E-state index contributed by atoms with van der Waals surface area (Å²) in [5.41, 5.74) is 10.3. The molecule has 0 atom stereocenters. The summed E-state index contributed by atoms with van der Waals surface area (Å²) in [6.45, 7) is 4.42. The number of fused-ring (bicyclic) bond motifs is 3. The Bertz CT molecular complexity index is 1450. The lowest BCUT2D eigenvalue weighted by Gasteiger charge is -2.33. The maximum Gasteiger partial charge on any atom is 0.418 e. The quantitative estimate of drug-likeness (QED) is 0.384. The van der Waals surface area contributed by atoms with Crippen LogP contribution in [0.5, 0.6) is 0 Å². The fourth-order valence-corrected chi connectivity index (χ4v) is 5.68. The summed E-state index contributed by atoms with van der Waals surface area (Å²) in [5.74, 6) is 1.23. The van der Waals surface area contributed by atoms with Gasteiger partial charge < -0.3 is 15.4 Å². The molecule has 0 radical (unpaired) electrons. The van der Waals surface area contributed by atoms with Crippen LogP contribution in [0.1, 0.15) is 48.7 Å². The van der Waals surface area contributed by atoms with E-state index in [1.165, 1.54) is 6.07 Å². The van der Waals surface area contributed by atoms with E-state index in [1.807, 2.05) is 31.3 Å². The molecular weight excluding hydrogens is 479 g/mol. The maximum atomic E-state index is 14.2. The van der Waals surface area contributed by atoms with Gasteiger partial charge in [0.2, 0.25) is 0 Å². The summed E-state index contributed by atoms with van der Waals surface area (Å²) >= 11 is 0. The van der Waals surface area contributed by atoms with Crippen LogP contribution in [-0.4, -0.2) is 46.7 Å². The van der Waals surface area contributed by atoms with Crippen molar-refractivity contribution >= 4 is 22.2 Å². The first-order valence-corrected chi connectivity index (χ1v) is 12.9. The van der Waals surface area contributed by atoms with Crippen molar-refractivity contribution in [2.75, 3.05) is 31.2 Å². The molecule has 9 heteroatoms. The highest BCUT2D eigenvalue weighted by Gasteiger charge is 2.36. The Morgan fingerprint density at radius 2 is 1.65 bits per heavy atom. The predicted octanol–water partition coefficient (Wildman–Crippen LogP) is 5.70. The molecule has 0 saturated carbocycles. The number of piperidine rings is 1. The topological polar surface area (TPSA) is 68.7 Å². The monoisotopic (exact) mass is 509 g/mol. The van der Waals surface area contributed by atoms with Crippen molar-refractivity contribution in [2.45, 2.75) is 50.7 Å². The van der Waals surface area contributed by atoms with Gasteiger partial charge in [-0.25, -0.2) is 4.98 Å². The molecule has 6 nitrogen and oxygen atoms in total. The van der Waals surface area contributed by atoms with Gasteiger partial charge >= 0.3 is 6.18 Å². The third-order valence-electron chi connectivity index (χ3n) is 7.77. The van der Waals surface area contributed by atoms with Crippen LogP contribution in [-0.2, 0) is 10.9 Å². The molecule has 2 aliphatic heterocycles. The second kappa shape index (κ2) is 9.29. The van der Waals surface area contributed by atoms with Gasteiger partial charge in [0, 0.05) is 44.0 Å². The van der Waals surface area contributed by atoms with Crippen LogP contribution in [0.25, 0.3) is 27.7 Å². The zero-order valence-electron chi connectivity index (χ0n) is 20.8. The molecule has 0 amide bonds. The highest BCUT2D eigenvalue weighted by atomic mass is 19.4. The molecule has 2 aromatic carbocycles. The summed E-state index contributed by atoms with van der Waals surface area (Å²) in [4.78, 5) is 11.3. The van der Waals surface area contributed by atoms with Crippen molar-refractivity contribution in [1.29, 1.82) is 0 Å². The van der Waals surface area contributed by atoms with E-state index < -0.39 is 11.7 Å². The third kappa shape index (κ3) is 4.44. The first-order valence-electron chi connectivity index (χ1n) is 12.9. The number of benzene rings is 2. The van der Waals surface area contributed by atoms with Crippen molar-refractivity contribution in [3.8, 4) is 11.1 Å². The Labute approximate surface area is 213 Å². The van der Waals surface area contributed by atoms with E-state index in [4.69, 9.17) is 15.5 Å². The van der Waals surface area contributed by atoms with Gasteiger partial charge in [0.25, 0.3) is 0 Å². The largest absolute Gasteiger partial charge is 0.418 e. The number of anilines is 1. The van der Waals surface area contributed by atoms with Gasteiger partial charge in [0.15, 0.2) is 0 Å². The van der Waals surface area contributed by atoms with Gasteiger partial charge in [-0.05, 0) is 68.0 Å². The maximum absolute atomic E-state index is 14.2. The van der Waals surface area contributed by atoms with E-state index in [2.05, 4.69) is 9.38 Å². The number of rotatable bonds is 3. The normalized spacial score (nSPS) is 18.2. The Morgan fingerprint density at radius 3 is 2.38 bits per heavy atom. The fraction of sp³-hybridized carbons (Fsp3) is 0.429. The van der Waals surface area contributed by atoms with Crippen LogP contribution in [0.4, 0.5) is 18.9 Å². The molecule has 0 unspecified atom stereocenters. The zero-order chi connectivity index (χ0) is 25.7. The van der Waals surface area contributed by atoms with Gasteiger partial charge in [-0.3, -0.25) is 9.38 Å². The van der Waals surface area contributed by atoms with Gasteiger partial charge in [0.05, 0.1) is 34.0 Å². The Morgan fingerprint density at radius 1 is 0.946 bits per heavy atom. The Balaban J connectivity index is 1.47. The summed E-state index contributed by atoms with van der Waals surface area (Å²) in [5, 5.41) is 0. The number of imidazole rings is 1. The van der Waals surface area contributed by atoms with Crippen LogP contribution in [0.15, 0.2) is 42.6 Å². The van der Waals surface area contributed by atoms with E-state index in [-0.39, 0.29) is 17.6 Å². The highest BCUT2D eigenvalue weighted by molar-refractivity contribution is 5.85. The molecule has 194 valence electrons. The smallest absolute Gasteiger partial charge is 0.381 e. The molecule has 0 aliphatic carbocycles. The van der Waals surface area contributed by atoms with E-state index in [0.29, 0.717) is 50.3 Å². The van der Waals surface area contributed by atoms with Gasteiger partial charge in [-0.2, -0.15) is 13.2 Å². The molecule has 0 bridgehead atoms. The van der Waals surface area contributed by atoms with Crippen molar-refractivity contribution in [1.82, 2.24) is 14.4 Å². The molecule has 2 N–H and O–H groups in total. The van der Waals surface area contributed by atoms with Crippen molar-refractivity contribution < 1.29 is 17.9 Å². The lowest BCUT2D eigenvalue weighted by Crippen LogP contribution is -2.40. The minimum Gasteiger partial charge on any atom is -0.381 e. The zero-order valence-corrected chi connectivity index (χ0v) is 20.8. The second-order valence-corrected chi connectivity index (χ2v) is 10.2. The van der Waals surface area contributed by atoms with Crippen molar-refractivity contribution in [3.63, 3.8) is 0 Å². The SMILES string of the molecule is Cc1nc(C2CCOCC2)n2c1cnc1ccc(-c3ccc(N4CCC(N)CC4)c(C(F)(F)F)c3)cc12. The Kier molecular flexibility index (Phi) is 6.07. The summed E-state index contributed by atoms with van der Waals surface area (Å²) in [6.07, 6.45) is 0.515. The number of halogens is 3. The molecule has 37 heavy (non-hydrogen) atoms. The molecule has 2 aromatic heterocycles. The van der Waals surface area contributed by atoms with Crippen LogP contribution in [0.3, 0.4) is 0 Å². The highest BCUT2D eigenvalue weighted by Crippen LogP contribution is 2.40. The van der Waals surface area contributed by atoms with Gasteiger partial charge in [-0.1, -0.05) is 12.1 Å². The van der Waals surface area contributed by atoms with Crippen molar-refractivity contribution in [2.24, 2.45) is 5.73 Å². The number of aryl methyl sites for hydroxylation is 1. The summed E-state index contributed by atoms with van der Waals surface area (Å²) in [7, 11) is 0. The van der Waals surface area contributed by atoms with Crippen LogP contribution < -0.4 is 10.6 Å². The lowest BCUT2D eigenvalue weighted by molar-refractivity contribution is -0.137. The average Bonchev–Trinajstić information content (AvgIpc) is 3.25. The molecule has 0 spiro atoms. The number of hydrogen-bond donors (Lipinski definition) is 1. The first-order chi connectivity index (χ1) is 17.8. The van der Waals surface area contributed by atoms with Crippen LogP contribution >= 0.6 is 0 Å². The molecule has 2 aliphatic rings. The van der Waals surface area contributed by atoms with Crippen LogP contribution in [0.2, 0.25) is 0 Å². The summed E-state index contributed by atoms with van der Waals surface area (Å²) < 4.78 is 50.3. The molecule has 6 rings (SSSR count). The predicted molar refractivity (Wildman–Crippen MR) is 138 cm³/mol. The van der Waals surface area contributed by atoms with Gasteiger partial charge in [0.1, 0.15) is 5.82 Å².